The van der Waals surface area contributed by atoms with Crippen molar-refractivity contribution in [3.05, 3.63) is 21.7 Å². The molecule has 0 radical (unpaired) electrons. The van der Waals surface area contributed by atoms with Crippen molar-refractivity contribution in [2.45, 2.75) is 37.1 Å². The van der Waals surface area contributed by atoms with Crippen molar-refractivity contribution in [2.24, 2.45) is 0 Å². The van der Waals surface area contributed by atoms with Gasteiger partial charge in [0, 0.05) is 11.3 Å². The molecule has 4 heteroatoms. The van der Waals surface area contributed by atoms with E-state index in [0.717, 1.165) is 21.3 Å². The van der Waals surface area contributed by atoms with Crippen molar-refractivity contribution in [1.29, 1.82) is 0 Å². The highest BCUT2D eigenvalue weighted by atomic mass is 127. The molecular formula is C11H16INOS. The molecule has 0 aliphatic heterocycles. The van der Waals surface area contributed by atoms with E-state index in [1.165, 1.54) is 19.3 Å². The van der Waals surface area contributed by atoms with Gasteiger partial charge in [-0.2, -0.15) is 11.8 Å². The summed E-state index contributed by atoms with van der Waals surface area (Å²) in [5.74, 6) is 1.05. The molecule has 1 aliphatic rings. The molecule has 1 N–H and O–H groups in total. The maximum Gasteiger partial charge on any atom is 0.164 e. The lowest BCUT2D eigenvalue weighted by molar-refractivity contribution is 0.434. The molecule has 2 atom stereocenters. The van der Waals surface area contributed by atoms with Gasteiger partial charge in [-0.1, -0.05) is 0 Å². The number of hydrogen-bond donors (Lipinski definition) is 1. The van der Waals surface area contributed by atoms with Gasteiger partial charge >= 0.3 is 0 Å². The smallest absolute Gasteiger partial charge is 0.164 e. The molecule has 15 heavy (non-hydrogen) atoms. The first kappa shape index (κ1) is 11.8. The van der Waals surface area contributed by atoms with Crippen molar-refractivity contribution < 1.29 is 4.42 Å². The third-order valence-corrected chi connectivity index (χ3v) is 4.59. The Labute approximate surface area is 109 Å². The molecule has 1 saturated carbocycles. The van der Waals surface area contributed by atoms with Crippen LogP contribution < -0.4 is 5.32 Å². The third kappa shape index (κ3) is 3.39. The zero-order valence-electron chi connectivity index (χ0n) is 8.83. The lowest BCUT2D eigenvalue weighted by Crippen LogP contribution is -2.25. The Morgan fingerprint density at radius 2 is 2.40 bits per heavy atom. The molecule has 2 rings (SSSR count). The van der Waals surface area contributed by atoms with Crippen LogP contribution in [0.1, 0.15) is 25.0 Å². The fourth-order valence-corrected chi connectivity index (χ4v) is 3.29. The summed E-state index contributed by atoms with van der Waals surface area (Å²) in [6.07, 6.45) is 6.18. The van der Waals surface area contributed by atoms with E-state index in [4.69, 9.17) is 4.42 Å². The highest BCUT2D eigenvalue weighted by Crippen LogP contribution is 2.28. The van der Waals surface area contributed by atoms with Gasteiger partial charge in [-0.15, -0.1) is 0 Å². The normalized spacial score (nSPS) is 26.0. The lowest BCUT2D eigenvalue weighted by Gasteiger charge is -2.11. The van der Waals surface area contributed by atoms with Crippen LogP contribution in [0.15, 0.2) is 16.5 Å². The van der Waals surface area contributed by atoms with Crippen molar-refractivity contribution >= 4 is 34.4 Å². The summed E-state index contributed by atoms with van der Waals surface area (Å²) < 4.78 is 6.49. The van der Waals surface area contributed by atoms with Gasteiger partial charge in [-0.05, 0) is 60.2 Å². The molecule has 84 valence electrons. The topological polar surface area (TPSA) is 25.2 Å². The van der Waals surface area contributed by atoms with Gasteiger partial charge in [-0.25, -0.2) is 0 Å². The van der Waals surface area contributed by atoms with Gasteiger partial charge in [0.2, 0.25) is 0 Å². The van der Waals surface area contributed by atoms with Gasteiger partial charge in [0.05, 0.1) is 6.54 Å². The lowest BCUT2D eigenvalue weighted by atomic mass is 10.2. The molecule has 0 spiro atoms. The van der Waals surface area contributed by atoms with Gasteiger partial charge in [0.15, 0.2) is 3.77 Å². The van der Waals surface area contributed by atoms with Crippen LogP contribution in [-0.2, 0) is 6.54 Å². The van der Waals surface area contributed by atoms with E-state index in [0.29, 0.717) is 6.04 Å². The molecule has 1 aromatic heterocycles. The predicted octanol–water partition coefficient (Wildman–Crippen LogP) is 3.26. The van der Waals surface area contributed by atoms with Crippen LogP contribution in [0.5, 0.6) is 0 Å². The Hall–Kier alpha value is 0.320. The predicted molar refractivity (Wildman–Crippen MR) is 73.2 cm³/mol. The Morgan fingerprint density at radius 3 is 3.00 bits per heavy atom. The fourth-order valence-electron chi connectivity index (χ4n) is 2.03. The molecule has 1 fully saturated rings. The van der Waals surface area contributed by atoms with E-state index in [1.807, 2.05) is 17.8 Å². The number of halogens is 1. The van der Waals surface area contributed by atoms with Gasteiger partial charge in [-0.3, -0.25) is 0 Å². The largest absolute Gasteiger partial charge is 0.454 e. The van der Waals surface area contributed by atoms with Crippen LogP contribution in [-0.4, -0.2) is 17.5 Å². The Balaban J connectivity index is 1.75. The van der Waals surface area contributed by atoms with E-state index in [1.54, 1.807) is 0 Å². The third-order valence-electron chi connectivity index (χ3n) is 2.91. The maximum absolute atomic E-state index is 5.52. The highest BCUT2D eigenvalue weighted by Gasteiger charge is 2.23. The van der Waals surface area contributed by atoms with E-state index >= 15 is 0 Å². The molecular weight excluding hydrogens is 321 g/mol. The van der Waals surface area contributed by atoms with Crippen LogP contribution in [0.3, 0.4) is 0 Å². The minimum Gasteiger partial charge on any atom is -0.454 e. The molecule has 0 amide bonds. The van der Waals surface area contributed by atoms with Crippen molar-refractivity contribution in [1.82, 2.24) is 5.32 Å². The summed E-state index contributed by atoms with van der Waals surface area (Å²) in [5, 5.41) is 4.43. The van der Waals surface area contributed by atoms with Crippen LogP contribution in [0, 0.1) is 3.77 Å². The Kier molecular flexibility index (Phi) is 4.40. The molecule has 2 nitrogen and oxygen atoms in total. The van der Waals surface area contributed by atoms with Crippen LogP contribution in [0.4, 0.5) is 0 Å². The minimum absolute atomic E-state index is 0.685. The summed E-state index contributed by atoms with van der Waals surface area (Å²) >= 11 is 4.20. The quantitative estimate of drug-likeness (QED) is 0.854. The van der Waals surface area contributed by atoms with Gasteiger partial charge in [0.1, 0.15) is 5.76 Å². The number of furan rings is 1. The zero-order valence-corrected chi connectivity index (χ0v) is 11.8. The summed E-state index contributed by atoms with van der Waals surface area (Å²) in [7, 11) is 0. The summed E-state index contributed by atoms with van der Waals surface area (Å²) in [5.41, 5.74) is 0. The van der Waals surface area contributed by atoms with E-state index in [2.05, 4.69) is 40.2 Å². The van der Waals surface area contributed by atoms with E-state index in [9.17, 15) is 0 Å². The number of nitrogens with one attached hydrogen (secondary N) is 1. The highest BCUT2D eigenvalue weighted by molar-refractivity contribution is 14.1. The molecule has 0 saturated heterocycles. The maximum atomic E-state index is 5.52. The van der Waals surface area contributed by atoms with Gasteiger partial charge < -0.3 is 9.73 Å². The standard InChI is InChI=1S/C11H16INOS/c1-15-10-4-2-8(6-10)13-7-9-3-5-11(12)14-9/h3,5,8,10,13H,2,4,6-7H2,1H3. The monoisotopic (exact) mass is 337 g/mol. The first-order chi connectivity index (χ1) is 7.28. The number of thioether (sulfide) groups is 1. The second kappa shape index (κ2) is 5.59. The SMILES string of the molecule is CSC1CCC(NCc2ccc(I)o2)C1. The Morgan fingerprint density at radius 1 is 1.53 bits per heavy atom. The number of hydrogen-bond acceptors (Lipinski definition) is 3. The minimum atomic E-state index is 0.685. The van der Waals surface area contributed by atoms with E-state index in [-0.39, 0.29) is 0 Å². The molecule has 2 unspecified atom stereocenters. The number of rotatable bonds is 4. The molecule has 1 aliphatic carbocycles. The van der Waals surface area contributed by atoms with Crippen LogP contribution in [0.25, 0.3) is 0 Å². The molecule has 0 bridgehead atoms. The van der Waals surface area contributed by atoms with Crippen molar-refractivity contribution in [3.8, 4) is 0 Å². The van der Waals surface area contributed by atoms with Gasteiger partial charge in [0.25, 0.3) is 0 Å². The van der Waals surface area contributed by atoms with Crippen molar-refractivity contribution in [3.63, 3.8) is 0 Å². The molecule has 1 aromatic rings. The van der Waals surface area contributed by atoms with Crippen LogP contribution in [0.2, 0.25) is 0 Å². The van der Waals surface area contributed by atoms with E-state index < -0.39 is 0 Å². The first-order valence-corrected chi connectivity index (χ1v) is 7.65. The van der Waals surface area contributed by atoms with Crippen molar-refractivity contribution in [2.75, 3.05) is 6.26 Å². The summed E-state index contributed by atoms with van der Waals surface area (Å²) in [6, 6.07) is 4.75. The zero-order chi connectivity index (χ0) is 10.7. The summed E-state index contributed by atoms with van der Waals surface area (Å²) in [4.78, 5) is 0. The van der Waals surface area contributed by atoms with Crippen LogP contribution >= 0.6 is 34.4 Å². The fraction of sp³-hybridized carbons (Fsp3) is 0.636. The molecule has 1 heterocycles. The second-order valence-corrected chi connectivity index (χ2v) is 6.16. The summed E-state index contributed by atoms with van der Waals surface area (Å²) in [6.45, 7) is 0.870. The first-order valence-electron chi connectivity index (χ1n) is 5.28. The average Bonchev–Trinajstić information content (AvgIpc) is 2.83. The average molecular weight is 337 g/mol. The second-order valence-electron chi connectivity index (χ2n) is 3.95. The molecule has 0 aromatic carbocycles. The Bertz CT molecular complexity index is 315.